The normalized spacial score (nSPS) is 17.9. The third kappa shape index (κ3) is 7.08. The van der Waals surface area contributed by atoms with Crippen LogP contribution in [0.25, 0.3) is 0 Å². The van der Waals surface area contributed by atoms with E-state index in [2.05, 4.69) is 28.6 Å². The van der Waals surface area contributed by atoms with Crippen molar-refractivity contribution in [1.82, 2.24) is 9.80 Å². The number of methoxy groups -OCH3 is 1. The molecule has 1 heterocycles. The summed E-state index contributed by atoms with van der Waals surface area (Å²) in [4.78, 5) is 9.13. The molecule has 0 radical (unpaired) electrons. The van der Waals surface area contributed by atoms with Crippen LogP contribution in [0.2, 0.25) is 0 Å². The van der Waals surface area contributed by atoms with Crippen LogP contribution < -0.4 is 5.73 Å². The van der Waals surface area contributed by atoms with E-state index in [-0.39, 0.29) is 24.0 Å². The fourth-order valence-electron chi connectivity index (χ4n) is 2.48. The van der Waals surface area contributed by atoms with E-state index in [9.17, 15) is 0 Å². The van der Waals surface area contributed by atoms with Crippen LogP contribution in [0.1, 0.15) is 26.7 Å². The van der Waals surface area contributed by atoms with Gasteiger partial charge in [-0.2, -0.15) is 0 Å². The van der Waals surface area contributed by atoms with Gasteiger partial charge < -0.3 is 20.3 Å². The van der Waals surface area contributed by atoms with Gasteiger partial charge in [-0.05, 0) is 45.7 Å². The summed E-state index contributed by atoms with van der Waals surface area (Å²) in [5.74, 6) is 1.39. The van der Waals surface area contributed by atoms with Crippen molar-refractivity contribution < 1.29 is 4.74 Å². The van der Waals surface area contributed by atoms with Gasteiger partial charge >= 0.3 is 0 Å². The number of rotatable bonds is 7. The van der Waals surface area contributed by atoms with E-state index in [0.29, 0.717) is 11.9 Å². The predicted molar refractivity (Wildman–Crippen MR) is 95.9 cm³/mol. The van der Waals surface area contributed by atoms with E-state index < -0.39 is 0 Å². The number of nitrogens with zero attached hydrogens (tertiary/aromatic N) is 3. The van der Waals surface area contributed by atoms with E-state index >= 15 is 0 Å². The van der Waals surface area contributed by atoms with Crippen LogP contribution in [0.5, 0.6) is 0 Å². The van der Waals surface area contributed by atoms with Crippen molar-refractivity contribution in [3.05, 3.63) is 0 Å². The van der Waals surface area contributed by atoms with Crippen molar-refractivity contribution in [2.24, 2.45) is 16.6 Å². The number of piperidine rings is 1. The van der Waals surface area contributed by atoms with Crippen molar-refractivity contribution >= 4 is 29.9 Å². The number of hydrogen-bond donors (Lipinski definition) is 1. The fraction of sp³-hybridized carbons (Fsp3) is 0.929. The van der Waals surface area contributed by atoms with Crippen LogP contribution in [0.4, 0.5) is 0 Å². The van der Waals surface area contributed by atoms with E-state index in [1.165, 1.54) is 12.8 Å². The van der Waals surface area contributed by atoms with E-state index in [0.717, 1.165) is 45.9 Å². The molecule has 1 fully saturated rings. The lowest BCUT2D eigenvalue weighted by Crippen LogP contribution is -2.39. The van der Waals surface area contributed by atoms with Crippen LogP contribution in [-0.4, -0.2) is 68.7 Å². The van der Waals surface area contributed by atoms with Gasteiger partial charge in [-0.25, -0.2) is 0 Å². The molecule has 5 nitrogen and oxygen atoms in total. The van der Waals surface area contributed by atoms with Crippen molar-refractivity contribution in [2.45, 2.75) is 26.7 Å². The van der Waals surface area contributed by atoms with Gasteiger partial charge in [0, 0.05) is 33.3 Å². The molecule has 1 saturated heterocycles. The van der Waals surface area contributed by atoms with Gasteiger partial charge in [-0.15, -0.1) is 24.0 Å². The summed E-state index contributed by atoms with van der Waals surface area (Å²) in [5, 5.41) is 0. The average Bonchev–Trinajstić information content (AvgIpc) is 2.45. The van der Waals surface area contributed by atoms with Crippen molar-refractivity contribution in [3.63, 3.8) is 0 Å². The highest BCUT2D eigenvalue weighted by Gasteiger charge is 2.18. The Bertz CT molecular complexity index is 264. The zero-order valence-corrected chi connectivity index (χ0v) is 15.5. The van der Waals surface area contributed by atoms with Crippen LogP contribution in [-0.2, 0) is 4.74 Å². The van der Waals surface area contributed by atoms with Gasteiger partial charge in [0.05, 0.1) is 6.61 Å². The molecule has 1 aliphatic rings. The second-order valence-electron chi connectivity index (χ2n) is 5.15. The highest BCUT2D eigenvalue weighted by atomic mass is 127. The van der Waals surface area contributed by atoms with Crippen molar-refractivity contribution in [3.8, 4) is 0 Å². The maximum absolute atomic E-state index is 6.00. The second kappa shape index (κ2) is 11.6. The molecule has 0 amide bonds. The summed E-state index contributed by atoms with van der Waals surface area (Å²) in [5.41, 5.74) is 6.00. The molecule has 0 aliphatic carbocycles. The van der Waals surface area contributed by atoms with Crippen LogP contribution in [0.15, 0.2) is 4.99 Å². The molecule has 0 unspecified atom stereocenters. The smallest absolute Gasteiger partial charge is 0.191 e. The van der Waals surface area contributed by atoms with E-state index in [4.69, 9.17) is 10.5 Å². The zero-order valence-electron chi connectivity index (χ0n) is 13.2. The Morgan fingerprint density at radius 2 is 1.90 bits per heavy atom. The van der Waals surface area contributed by atoms with Gasteiger partial charge in [0.25, 0.3) is 0 Å². The minimum Gasteiger partial charge on any atom is -0.383 e. The third-order valence-electron chi connectivity index (χ3n) is 3.92. The summed E-state index contributed by atoms with van der Waals surface area (Å²) < 4.78 is 5.12. The molecule has 0 saturated carbocycles. The number of guanidine groups is 1. The van der Waals surface area contributed by atoms with Gasteiger partial charge in [0.1, 0.15) is 0 Å². The highest BCUT2D eigenvalue weighted by Crippen LogP contribution is 2.17. The first-order chi connectivity index (χ1) is 9.21. The topological polar surface area (TPSA) is 54.1 Å². The lowest BCUT2D eigenvalue weighted by Gasteiger charge is -2.31. The first-order valence-corrected chi connectivity index (χ1v) is 7.47. The lowest BCUT2D eigenvalue weighted by molar-refractivity contribution is 0.121. The van der Waals surface area contributed by atoms with Crippen molar-refractivity contribution in [1.29, 1.82) is 0 Å². The Kier molecular flexibility index (Phi) is 11.5. The molecule has 0 aromatic heterocycles. The molecular weight excluding hydrogens is 367 g/mol. The number of hydrogen-bond acceptors (Lipinski definition) is 3. The minimum absolute atomic E-state index is 0. The Labute approximate surface area is 140 Å². The molecule has 0 aromatic rings. The maximum Gasteiger partial charge on any atom is 0.191 e. The highest BCUT2D eigenvalue weighted by molar-refractivity contribution is 14.0. The minimum atomic E-state index is 0. The van der Waals surface area contributed by atoms with E-state index in [1.807, 2.05) is 0 Å². The Hall–Kier alpha value is -0.0800. The summed E-state index contributed by atoms with van der Waals surface area (Å²) >= 11 is 0. The summed E-state index contributed by atoms with van der Waals surface area (Å²) in [6.45, 7) is 11.2. The Balaban J connectivity index is 0.00000361. The largest absolute Gasteiger partial charge is 0.383 e. The van der Waals surface area contributed by atoms with Crippen LogP contribution >= 0.6 is 24.0 Å². The molecule has 1 aliphatic heterocycles. The molecule has 20 heavy (non-hydrogen) atoms. The van der Waals surface area contributed by atoms with Gasteiger partial charge in [-0.1, -0.05) is 0 Å². The van der Waals surface area contributed by atoms with Crippen molar-refractivity contribution in [2.75, 3.05) is 53.0 Å². The monoisotopic (exact) mass is 398 g/mol. The fourth-order valence-corrected chi connectivity index (χ4v) is 2.48. The quantitative estimate of drug-likeness (QED) is 0.402. The van der Waals surface area contributed by atoms with Crippen LogP contribution in [0.3, 0.4) is 0 Å². The lowest BCUT2D eigenvalue weighted by atomic mass is 9.97. The molecule has 1 rings (SSSR count). The predicted octanol–water partition coefficient (Wildman–Crippen LogP) is 1.62. The molecule has 120 valence electrons. The maximum atomic E-state index is 6.00. The van der Waals surface area contributed by atoms with Gasteiger partial charge in [0.2, 0.25) is 0 Å². The number of halogens is 1. The number of aliphatic imine (C=N–C) groups is 1. The molecule has 0 atom stereocenters. The van der Waals surface area contributed by atoms with Gasteiger partial charge in [0.15, 0.2) is 5.96 Å². The summed E-state index contributed by atoms with van der Waals surface area (Å²) in [6, 6.07) is 0. The number of likely N-dealkylation sites (tertiary alicyclic amines) is 1. The average molecular weight is 398 g/mol. The summed E-state index contributed by atoms with van der Waals surface area (Å²) in [7, 11) is 1.76. The Morgan fingerprint density at radius 3 is 2.40 bits per heavy atom. The second-order valence-corrected chi connectivity index (χ2v) is 5.15. The number of nitrogens with two attached hydrogens (primary N) is 1. The SMILES string of the molecule is CCN(CC)C(N)=NCC1CCN(CCOC)CC1.I. The van der Waals surface area contributed by atoms with Crippen LogP contribution in [0, 0.1) is 5.92 Å². The first-order valence-electron chi connectivity index (χ1n) is 7.47. The molecule has 0 spiro atoms. The molecule has 0 aromatic carbocycles. The molecule has 2 N–H and O–H groups in total. The third-order valence-corrected chi connectivity index (χ3v) is 3.92. The Morgan fingerprint density at radius 1 is 1.30 bits per heavy atom. The van der Waals surface area contributed by atoms with Gasteiger partial charge in [-0.3, -0.25) is 4.99 Å². The molecule has 6 heteroatoms. The first kappa shape index (κ1) is 19.9. The summed E-state index contributed by atoms with van der Waals surface area (Å²) in [6.07, 6.45) is 2.44. The standard InChI is InChI=1S/C14H30N4O.HI/c1-4-18(5-2)14(15)16-12-13-6-8-17(9-7-13)10-11-19-3;/h13H,4-12H2,1-3H3,(H2,15,16);1H. The molecule has 0 bridgehead atoms. The zero-order chi connectivity index (χ0) is 14.1. The van der Waals surface area contributed by atoms with E-state index in [1.54, 1.807) is 7.11 Å². The number of ether oxygens (including phenoxy) is 1. The molecular formula is C14H31IN4O.